The molecule has 7 nitrogen and oxygen atoms in total. The van der Waals surface area contributed by atoms with Gasteiger partial charge in [-0.15, -0.1) is 5.10 Å². The second-order valence-corrected chi connectivity index (χ2v) is 4.99. The Morgan fingerprint density at radius 2 is 2.17 bits per heavy atom. The van der Waals surface area contributed by atoms with E-state index in [1.165, 1.54) is 16.6 Å². The van der Waals surface area contributed by atoms with E-state index in [1.807, 2.05) is 0 Å². The lowest BCUT2D eigenvalue weighted by molar-refractivity contribution is -0.112. The highest BCUT2D eigenvalue weighted by Gasteiger charge is 2.27. The van der Waals surface area contributed by atoms with Gasteiger partial charge in [-0.3, -0.25) is 9.58 Å². The van der Waals surface area contributed by atoms with Gasteiger partial charge in [-0.1, -0.05) is 5.21 Å². The van der Waals surface area contributed by atoms with E-state index in [0.29, 0.717) is 12.0 Å². The summed E-state index contributed by atoms with van der Waals surface area (Å²) in [6.45, 7) is 5.28. The minimum absolute atomic E-state index is 0.404. The van der Waals surface area contributed by atoms with Crippen molar-refractivity contribution in [3.8, 4) is 0 Å². The van der Waals surface area contributed by atoms with E-state index in [0.717, 1.165) is 0 Å². The van der Waals surface area contributed by atoms with Crippen LogP contribution in [0, 0.1) is 0 Å². The first-order valence-electron chi connectivity index (χ1n) is 5.52. The summed E-state index contributed by atoms with van der Waals surface area (Å²) in [6.07, 6.45) is 1.64. The first-order valence-corrected chi connectivity index (χ1v) is 5.52. The SMILES string of the molecule is CN(C(=O)OC(C)(C)C)C(C=O)c1cn(C)nn1. The van der Waals surface area contributed by atoms with E-state index in [4.69, 9.17) is 4.74 Å². The van der Waals surface area contributed by atoms with E-state index in [2.05, 4.69) is 10.3 Å². The number of ether oxygens (including phenoxy) is 1. The van der Waals surface area contributed by atoms with Crippen LogP contribution in [0.3, 0.4) is 0 Å². The molecule has 1 rings (SSSR count). The van der Waals surface area contributed by atoms with Crippen LogP contribution in [0.1, 0.15) is 32.5 Å². The van der Waals surface area contributed by atoms with Crippen LogP contribution >= 0.6 is 0 Å². The summed E-state index contributed by atoms with van der Waals surface area (Å²) in [6, 6.07) is -0.798. The summed E-state index contributed by atoms with van der Waals surface area (Å²) in [5.41, 5.74) is -0.206. The highest BCUT2D eigenvalue weighted by molar-refractivity contribution is 5.74. The third kappa shape index (κ3) is 3.54. The molecule has 100 valence electrons. The van der Waals surface area contributed by atoms with Crippen molar-refractivity contribution in [1.29, 1.82) is 0 Å². The predicted octanol–water partition coefficient (Wildman–Crippen LogP) is 0.922. The molecule has 0 aliphatic heterocycles. The fraction of sp³-hybridized carbons (Fsp3) is 0.636. The van der Waals surface area contributed by atoms with E-state index in [1.54, 1.807) is 34.0 Å². The smallest absolute Gasteiger partial charge is 0.410 e. The van der Waals surface area contributed by atoms with Crippen molar-refractivity contribution in [2.45, 2.75) is 32.4 Å². The van der Waals surface area contributed by atoms with Crippen molar-refractivity contribution in [1.82, 2.24) is 19.9 Å². The molecule has 0 aromatic carbocycles. The van der Waals surface area contributed by atoms with Gasteiger partial charge in [0.25, 0.3) is 0 Å². The maximum Gasteiger partial charge on any atom is 0.410 e. The maximum atomic E-state index is 11.8. The average Bonchev–Trinajstić information content (AvgIpc) is 2.63. The molecule has 1 heterocycles. The standard InChI is InChI=1S/C11H18N4O3/c1-11(2,3)18-10(17)15(5)9(7-16)8-6-14(4)13-12-8/h6-7,9H,1-5H3. The normalized spacial score (nSPS) is 12.9. The van der Waals surface area contributed by atoms with Gasteiger partial charge in [0.2, 0.25) is 0 Å². The van der Waals surface area contributed by atoms with Gasteiger partial charge < -0.3 is 9.53 Å². The largest absolute Gasteiger partial charge is 0.444 e. The molecule has 0 aliphatic carbocycles. The summed E-state index contributed by atoms with van der Waals surface area (Å²) < 4.78 is 6.65. The van der Waals surface area contributed by atoms with Crippen molar-refractivity contribution < 1.29 is 14.3 Å². The van der Waals surface area contributed by atoms with E-state index in [-0.39, 0.29) is 0 Å². The predicted molar refractivity (Wildman–Crippen MR) is 63.8 cm³/mol. The molecular formula is C11H18N4O3. The maximum absolute atomic E-state index is 11.8. The van der Waals surface area contributed by atoms with Crippen LogP contribution in [-0.4, -0.2) is 44.9 Å². The molecule has 18 heavy (non-hydrogen) atoms. The second kappa shape index (κ2) is 5.16. The molecule has 0 saturated heterocycles. The third-order valence-electron chi connectivity index (χ3n) is 2.15. The Labute approximate surface area is 106 Å². The number of aldehydes is 1. The van der Waals surface area contributed by atoms with Crippen LogP contribution < -0.4 is 0 Å². The molecule has 0 fully saturated rings. The molecule has 7 heteroatoms. The molecule has 0 bridgehead atoms. The number of hydrogen-bond donors (Lipinski definition) is 0. The van der Waals surface area contributed by atoms with Crippen molar-refractivity contribution in [3.05, 3.63) is 11.9 Å². The summed E-state index contributed by atoms with van der Waals surface area (Å²) in [7, 11) is 3.17. The van der Waals surface area contributed by atoms with Crippen LogP contribution in [0.15, 0.2) is 6.20 Å². The molecule has 1 amide bonds. The molecule has 0 aliphatic rings. The Morgan fingerprint density at radius 1 is 1.56 bits per heavy atom. The van der Waals surface area contributed by atoms with Gasteiger partial charge in [0.15, 0.2) is 0 Å². The van der Waals surface area contributed by atoms with Crippen LogP contribution in [0.4, 0.5) is 4.79 Å². The van der Waals surface area contributed by atoms with E-state index in [9.17, 15) is 9.59 Å². The Balaban J connectivity index is 2.83. The zero-order chi connectivity index (χ0) is 13.9. The lowest BCUT2D eigenvalue weighted by Crippen LogP contribution is -2.37. The number of aromatic nitrogens is 3. The third-order valence-corrected chi connectivity index (χ3v) is 2.15. The Bertz CT molecular complexity index is 436. The van der Waals surface area contributed by atoms with Gasteiger partial charge >= 0.3 is 6.09 Å². The zero-order valence-electron chi connectivity index (χ0n) is 11.2. The molecule has 1 aromatic heterocycles. The number of aryl methyl sites for hydroxylation is 1. The highest BCUT2D eigenvalue weighted by atomic mass is 16.6. The molecule has 0 spiro atoms. The minimum atomic E-state index is -0.798. The van der Waals surface area contributed by atoms with Gasteiger partial charge in [-0.25, -0.2) is 4.79 Å². The topological polar surface area (TPSA) is 77.3 Å². The molecule has 1 unspecified atom stereocenters. The number of carbonyl (C=O) groups is 2. The van der Waals surface area contributed by atoms with Crippen LogP contribution in [0.2, 0.25) is 0 Å². The highest BCUT2D eigenvalue weighted by Crippen LogP contribution is 2.17. The monoisotopic (exact) mass is 254 g/mol. The molecule has 0 radical (unpaired) electrons. The quantitative estimate of drug-likeness (QED) is 0.750. The van der Waals surface area contributed by atoms with Crippen LogP contribution in [0.5, 0.6) is 0 Å². The average molecular weight is 254 g/mol. The summed E-state index contributed by atoms with van der Waals surface area (Å²) >= 11 is 0. The first kappa shape index (κ1) is 14.1. The number of nitrogens with zero attached hydrogens (tertiary/aromatic N) is 4. The summed E-state index contributed by atoms with van der Waals surface area (Å²) in [5, 5.41) is 7.55. The lowest BCUT2D eigenvalue weighted by atomic mass is 10.2. The number of rotatable bonds is 3. The van der Waals surface area contributed by atoms with Gasteiger partial charge in [-0.2, -0.15) is 0 Å². The van der Waals surface area contributed by atoms with Gasteiger partial charge in [-0.05, 0) is 20.8 Å². The molecule has 0 N–H and O–H groups in total. The van der Waals surface area contributed by atoms with Crippen molar-refractivity contribution in [2.24, 2.45) is 7.05 Å². The number of amides is 1. The van der Waals surface area contributed by atoms with Gasteiger partial charge in [0, 0.05) is 14.1 Å². The number of likely N-dealkylation sites (N-methyl/N-ethyl adjacent to an activating group) is 1. The fourth-order valence-corrected chi connectivity index (χ4v) is 1.31. The number of hydrogen-bond acceptors (Lipinski definition) is 5. The van der Waals surface area contributed by atoms with Crippen LogP contribution in [0.25, 0.3) is 0 Å². The summed E-state index contributed by atoms with van der Waals surface area (Å²) in [4.78, 5) is 24.1. The fourth-order valence-electron chi connectivity index (χ4n) is 1.31. The lowest BCUT2D eigenvalue weighted by Gasteiger charge is -2.26. The molecular weight excluding hydrogens is 236 g/mol. The van der Waals surface area contributed by atoms with Crippen molar-refractivity contribution >= 4 is 12.4 Å². The Hall–Kier alpha value is -1.92. The van der Waals surface area contributed by atoms with E-state index < -0.39 is 17.7 Å². The Morgan fingerprint density at radius 3 is 2.56 bits per heavy atom. The van der Waals surface area contributed by atoms with Gasteiger partial charge in [0.05, 0.1) is 6.20 Å². The van der Waals surface area contributed by atoms with E-state index >= 15 is 0 Å². The minimum Gasteiger partial charge on any atom is -0.444 e. The zero-order valence-corrected chi connectivity index (χ0v) is 11.2. The second-order valence-electron chi connectivity index (χ2n) is 4.99. The van der Waals surface area contributed by atoms with Crippen molar-refractivity contribution in [2.75, 3.05) is 7.05 Å². The van der Waals surface area contributed by atoms with Gasteiger partial charge in [0.1, 0.15) is 23.6 Å². The van der Waals surface area contributed by atoms with Crippen LogP contribution in [-0.2, 0) is 16.6 Å². The molecule has 0 saturated carbocycles. The number of carbonyl (C=O) groups excluding carboxylic acids is 2. The molecule has 1 atom stereocenters. The Kier molecular flexibility index (Phi) is 4.05. The van der Waals surface area contributed by atoms with Crippen molar-refractivity contribution in [3.63, 3.8) is 0 Å². The molecule has 1 aromatic rings. The summed E-state index contributed by atoms with van der Waals surface area (Å²) in [5.74, 6) is 0. The first-order chi connectivity index (χ1) is 8.24.